The largest absolute Gasteiger partial charge is 0.479 e. The first-order valence-electron chi connectivity index (χ1n) is 6.15. The molecule has 0 radical (unpaired) electrons. The molecule has 0 saturated carbocycles. The van der Waals surface area contributed by atoms with Gasteiger partial charge < -0.3 is 14.7 Å². The predicted molar refractivity (Wildman–Crippen MR) is 69.2 cm³/mol. The van der Waals surface area contributed by atoms with Crippen LogP contribution >= 0.6 is 11.3 Å². The highest BCUT2D eigenvalue weighted by Gasteiger charge is 2.29. The second-order valence-corrected chi connectivity index (χ2v) is 5.24. The summed E-state index contributed by atoms with van der Waals surface area (Å²) < 4.78 is 5.08. The fourth-order valence-corrected chi connectivity index (χ4v) is 2.63. The van der Waals surface area contributed by atoms with Gasteiger partial charge in [0.1, 0.15) is 0 Å². The monoisotopic (exact) mass is 284 g/mol. The van der Waals surface area contributed by atoms with Gasteiger partial charge >= 0.3 is 5.97 Å². The molecule has 0 aromatic carbocycles. The number of carbonyl (C=O) groups excluding carboxylic acids is 1. The van der Waals surface area contributed by atoms with E-state index >= 15 is 0 Å². The van der Waals surface area contributed by atoms with Crippen LogP contribution in [0.5, 0.6) is 0 Å². The summed E-state index contributed by atoms with van der Waals surface area (Å²) in [7, 11) is 0. The molecule has 6 nitrogen and oxygen atoms in total. The van der Waals surface area contributed by atoms with Gasteiger partial charge in [-0.2, -0.15) is 0 Å². The maximum Gasteiger partial charge on any atom is 0.334 e. The van der Waals surface area contributed by atoms with Gasteiger partial charge in [-0.25, -0.2) is 9.78 Å². The number of carboxylic acid groups (broad SMARTS) is 1. The van der Waals surface area contributed by atoms with Crippen LogP contribution in [-0.2, 0) is 27.2 Å². The van der Waals surface area contributed by atoms with Crippen molar-refractivity contribution in [3.8, 4) is 0 Å². The zero-order chi connectivity index (χ0) is 13.8. The molecule has 19 heavy (non-hydrogen) atoms. The third kappa shape index (κ3) is 3.51. The zero-order valence-electron chi connectivity index (χ0n) is 10.7. The normalized spacial score (nSPS) is 19.4. The van der Waals surface area contributed by atoms with E-state index in [9.17, 15) is 9.59 Å². The number of ether oxygens (including phenoxy) is 1. The first-order chi connectivity index (χ1) is 9.10. The third-order valence-corrected chi connectivity index (χ3v) is 3.97. The number of carbonyl (C=O) groups is 2. The molecule has 1 fully saturated rings. The smallest absolute Gasteiger partial charge is 0.334 e. The Balaban J connectivity index is 1.93. The van der Waals surface area contributed by atoms with Gasteiger partial charge in [0, 0.05) is 11.9 Å². The van der Waals surface area contributed by atoms with Crippen molar-refractivity contribution in [3.63, 3.8) is 0 Å². The Kier molecular flexibility index (Phi) is 4.49. The van der Waals surface area contributed by atoms with Gasteiger partial charge in [-0.05, 0) is 6.42 Å². The molecule has 1 aromatic rings. The zero-order valence-corrected chi connectivity index (χ0v) is 11.5. The Morgan fingerprint density at radius 1 is 1.63 bits per heavy atom. The van der Waals surface area contributed by atoms with Crippen molar-refractivity contribution in [1.29, 1.82) is 0 Å². The number of hydrogen-bond acceptors (Lipinski definition) is 5. The Morgan fingerprint density at radius 3 is 3.05 bits per heavy atom. The summed E-state index contributed by atoms with van der Waals surface area (Å²) in [6.07, 6.45) is 0.166. The highest BCUT2D eigenvalue weighted by Crippen LogP contribution is 2.13. The van der Waals surface area contributed by atoms with E-state index in [0.717, 1.165) is 17.1 Å². The van der Waals surface area contributed by atoms with Gasteiger partial charge in [0.2, 0.25) is 5.91 Å². The number of nitrogens with zero attached hydrogens (tertiary/aromatic N) is 2. The van der Waals surface area contributed by atoms with E-state index in [1.165, 1.54) is 4.90 Å². The van der Waals surface area contributed by atoms with Gasteiger partial charge in [0.15, 0.2) is 6.10 Å². The van der Waals surface area contributed by atoms with Crippen LogP contribution in [0.25, 0.3) is 0 Å². The van der Waals surface area contributed by atoms with E-state index in [0.29, 0.717) is 6.54 Å². The molecule has 0 bridgehead atoms. The lowest BCUT2D eigenvalue weighted by atomic mass is 10.2. The SMILES string of the molecule is CCc1nc(CC(=O)N2CCO[C@@H](C(=O)O)C2)cs1. The third-order valence-electron chi connectivity index (χ3n) is 2.93. The molecule has 0 spiro atoms. The number of morpholine rings is 1. The highest BCUT2D eigenvalue weighted by atomic mass is 32.1. The van der Waals surface area contributed by atoms with Gasteiger partial charge in [-0.15, -0.1) is 11.3 Å². The van der Waals surface area contributed by atoms with Crippen LogP contribution in [-0.4, -0.2) is 52.7 Å². The van der Waals surface area contributed by atoms with Crippen LogP contribution in [0.3, 0.4) is 0 Å². The van der Waals surface area contributed by atoms with Crippen molar-refractivity contribution >= 4 is 23.2 Å². The lowest BCUT2D eigenvalue weighted by Gasteiger charge is -2.30. The molecule has 0 aliphatic carbocycles. The quantitative estimate of drug-likeness (QED) is 0.874. The second kappa shape index (κ2) is 6.12. The first-order valence-corrected chi connectivity index (χ1v) is 7.03. The van der Waals surface area contributed by atoms with Crippen molar-refractivity contribution in [2.45, 2.75) is 25.9 Å². The molecule has 104 valence electrons. The van der Waals surface area contributed by atoms with Crippen LogP contribution < -0.4 is 0 Å². The first kappa shape index (κ1) is 14.0. The number of rotatable bonds is 4. The minimum atomic E-state index is -1.03. The molecule has 7 heteroatoms. The molecule has 2 rings (SSSR count). The van der Waals surface area contributed by atoms with Crippen molar-refractivity contribution in [2.75, 3.05) is 19.7 Å². The van der Waals surface area contributed by atoms with E-state index in [1.807, 2.05) is 12.3 Å². The number of amides is 1. The fourth-order valence-electron chi connectivity index (χ4n) is 1.88. The summed E-state index contributed by atoms with van der Waals surface area (Å²) in [5, 5.41) is 11.8. The van der Waals surface area contributed by atoms with Crippen molar-refractivity contribution in [1.82, 2.24) is 9.88 Å². The van der Waals surface area contributed by atoms with Crippen LogP contribution in [0.1, 0.15) is 17.6 Å². The number of carboxylic acids is 1. The second-order valence-electron chi connectivity index (χ2n) is 4.30. The molecule has 0 unspecified atom stereocenters. The number of aliphatic carboxylic acids is 1. The Hall–Kier alpha value is -1.47. The molecule has 1 atom stereocenters. The van der Waals surface area contributed by atoms with E-state index < -0.39 is 12.1 Å². The number of thiazole rings is 1. The summed E-state index contributed by atoms with van der Waals surface area (Å²) >= 11 is 1.54. The van der Waals surface area contributed by atoms with E-state index in [-0.39, 0.29) is 25.5 Å². The fraction of sp³-hybridized carbons (Fsp3) is 0.583. The Morgan fingerprint density at radius 2 is 2.42 bits per heavy atom. The molecule has 1 aliphatic heterocycles. The lowest BCUT2D eigenvalue weighted by Crippen LogP contribution is -2.49. The van der Waals surface area contributed by atoms with E-state index in [2.05, 4.69) is 4.98 Å². The summed E-state index contributed by atoms with van der Waals surface area (Å²) in [6, 6.07) is 0. The Labute approximate surface area is 115 Å². The van der Waals surface area contributed by atoms with Gasteiger partial charge in [0.05, 0.1) is 30.3 Å². The topological polar surface area (TPSA) is 79.7 Å². The molecular formula is C12H16N2O4S. The molecule has 2 heterocycles. The van der Waals surface area contributed by atoms with Crippen LogP contribution in [0.4, 0.5) is 0 Å². The number of aryl methyl sites for hydroxylation is 1. The Bertz CT molecular complexity index is 474. The minimum Gasteiger partial charge on any atom is -0.479 e. The summed E-state index contributed by atoms with van der Waals surface area (Å²) in [6.45, 7) is 2.83. The standard InChI is InChI=1S/C12H16N2O4S/c1-2-10-13-8(7-19-10)5-11(15)14-3-4-18-9(6-14)12(16)17/h7,9H,2-6H2,1H3,(H,16,17)/t9-/m1/s1. The predicted octanol–water partition coefficient (Wildman–Crippen LogP) is 0.560. The van der Waals surface area contributed by atoms with Gasteiger partial charge in [0.25, 0.3) is 0 Å². The van der Waals surface area contributed by atoms with Crippen molar-refractivity contribution in [3.05, 3.63) is 16.1 Å². The van der Waals surface area contributed by atoms with Crippen LogP contribution in [0.2, 0.25) is 0 Å². The molecule has 1 aliphatic rings. The van der Waals surface area contributed by atoms with Gasteiger partial charge in [-0.1, -0.05) is 6.92 Å². The van der Waals surface area contributed by atoms with Gasteiger partial charge in [-0.3, -0.25) is 4.79 Å². The molecule has 1 N–H and O–H groups in total. The maximum absolute atomic E-state index is 12.1. The average molecular weight is 284 g/mol. The average Bonchev–Trinajstić information content (AvgIpc) is 2.86. The molecule has 1 amide bonds. The van der Waals surface area contributed by atoms with Crippen LogP contribution in [0.15, 0.2) is 5.38 Å². The summed E-state index contributed by atoms with van der Waals surface area (Å²) in [4.78, 5) is 28.8. The molecule has 1 aromatic heterocycles. The van der Waals surface area contributed by atoms with Crippen molar-refractivity contribution in [2.24, 2.45) is 0 Å². The summed E-state index contributed by atoms with van der Waals surface area (Å²) in [5.74, 6) is -1.12. The maximum atomic E-state index is 12.1. The van der Waals surface area contributed by atoms with E-state index in [1.54, 1.807) is 11.3 Å². The highest BCUT2D eigenvalue weighted by molar-refractivity contribution is 7.09. The lowest BCUT2D eigenvalue weighted by molar-refractivity contribution is -0.159. The van der Waals surface area contributed by atoms with Crippen LogP contribution in [0, 0.1) is 0 Å². The number of aromatic nitrogens is 1. The van der Waals surface area contributed by atoms with Crippen molar-refractivity contribution < 1.29 is 19.4 Å². The molecule has 1 saturated heterocycles. The number of hydrogen-bond donors (Lipinski definition) is 1. The summed E-state index contributed by atoms with van der Waals surface area (Å²) in [5.41, 5.74) is 0.755. The minimum absolute atomic E-state index is 0.0949. The molecular weight excluding hydrogens is 268 g/mol. The van der Waals surface area contributed by atoms with E-state index in [4.69, 9.17) is 9.84 Å².